The molecule has 1 amide bonds. The lowest BCUT2D eigenvalue weighted by Gasteiger charge is -2.16. The van der Waals surface area contributed by atoms with Crippen molar-refractivity contribution in [2.75, 3.05) is 11.4 Å². The van der Waals surface area contributed by atoms with E-state index in [1.807, 2.05) is 31.2 Å². The molecule has 0 radical (unpaired) electrons. The van der Waals surface area contributed by atoms with E-state index in [-0.39, 0.29) is 23.5 Å². The molecule has 1 fully saturated rings. The summed E-state index contributed by atoms with van der Waals surface area (Å²) in [6, 6.07) is 13.8. The Kier molecular flexibility index (Phi) is 3.80. The summed E-state index contributed by atoms with van der Waals surface area (Å²) in [5.74, 6) is 0.266. The van der Waals surface area contributed by atoms with Crippen LogP contribution in [0.15, 0.2) is 53.1 Å². The third kappa shape index (κ3) is 3.03. The van der Waals surface area contributed by atoms with Crippen molar-refractivity contribution in [1.29, 1.82) is 0 Å². The van der Waals surface area contributed by atoms with E-state index in [0.717, 1.165) is 11.3 Å². The summed E-state index contributed by atoms with van der Waals surface area (Å²) in [6.07, 6.45) is 0.329. The van der Waals surface area contributed by atoms with Gasteiger partial charge in [-0.3, -0.25) is 4.79 Å². The Hall–Kier alpha value is -3.02. The molecular weight excluding hydrogens is 321 g/mol. The summed E-state index contributed by atoms with van der Waals surface area (Å²) in [5.41, 5.74) is 2.54. The van der Waals surface area contributed by atoms with Gasteiger partial charge in [-0.05, 0) is 37.3 Å². The fraction of sp³-hybridized carbons (Fsp3) is 0.211. The van der Waals surface area contributed by atoms with Crippen molar-refractivity contribution < 1.29 is 13.7 Å². The fourth-order valence-corrected chi connectivity index (χ4v) is 2.99. The third-order valence-corrected chi connectivity index (χ3v) is 4.35. The number of aryl methyl sites for hydroxylation is 1. The van der Waals surface area contributed by atoms with E-state index in [9.17, 15) is 9.18 Å². The number of amides is 1. The van der Waals surface area contributed by atoms with Crippen LogP contribution in [0.1, 0.15) is 23.7 Å². The van der Waals surface area contributed by atoms with Gasteiger partial charge in [0.25, 0.3) is 5.89 Å². The van der Waals surface area contributed by atoms with Gasteiger partial charge in [-0.2, -0.15) is 4.98 Å². The molecule has 0 aliphatic carbocycles. The molecule has 0 N–H and O–H groups in total. The van der Waals surface area contributed by atoms with Crippen LogP contribution in [0.2, 0.25) is 0 Å². The smallest absolute Gasteiger partial charge is 0.258 e. The fourth-order valence-electron chi connectivity index (χ4n) is 2.99. The van der Waals surface area contributed by atoms with Crippen molar-refractivity contribution in [3.05, 3.63) is 65.7 Å². The minimum atomic E-state index is -0.362. The van der Waals surface area contributed by atoms with Crippen LogP contribution in [0.5, 0.6) is 0 Å². The zero-order valence-electron chi connectivity index (χ0n) is 13.6. The lowest BCUT2D eigenvalue weighted by molar-refractivity contribution is -0.117. The molecule has 5 nitrogen and oxygen atoms in total. The van der Waals surface area contributed by atoms with E-state index in [1.165, 1.54) is 12.1 Å². The topological polar surface area (TPSA) is 59.2 Å². The number of aromatic nitrogens is 2. The number of carbonyl (C=O) groups is 1. The Balaban J connectivity index is 1.55. The van der Waals surface area contributed by atoms with Crippen LogP contribution in [-0.4, -0.2) is 22.6 Å². The second-order valence-electron chi connectivity index (χ2n) is 6.21. The third-order valence-electron chi connectivity index (χ3n) is 4.35. The number of hydrogen-bond acceptors (Lipinski definition) is 4. The van der Waals surface area contributed by atoms with Gasteiger partial charge < -0.3 is 9.42 Å². The first-order chi connectivity index (χ1) is 12.1. The summed E-state index contributed by atoms with van der Waals surface area (Å²) in [7, 11) is 0. The van der Waals surface area contributed by atoms with Crippen molar-refractivity contribution in [1.82, 2.24) is 10.1 Å². The molecule has 1 aliphatic heterocycles. The normalized spacial score (nSPS) is 17.3. The second-order valence-corrected chi connectivity index (χ2v) is 6.21. The van der Waals surface area contributed by atoms with E-state index >= 15 is 0 Å². The monoisotopic (exact) mass is 337 g/mol. The molecule has 6 heteroatoms. The molecule has 25 heavy (non-hydrogen) atoms. The predicted octanol–water partition coefficient (Wildman–Crippen LogP) is 3.70. The van der Waals surface area contributed by atoms with Crippen LogP contribution < -0.4 is 4.90 Å². The Morgan fingerprint density at radius 3 is 2.76 bits per heavy atom. The number of halogens is 1. The molecular formula is C19H16FN3O2. The average molecular weight is 337 g/mol. The quantitative estimate of drug-likeness (QED) is 0.731. The number of carbonyl (C=O) groups excluding carboxylic acids is 1. The van der Waals surface area contributed by atoms with Gasteiger partial charge in [0.2, 0.25) is 5.91 Å². The lowest BCUT2D eigenvalue weighted by atomic mass is 10.1. The van der Waals surface area contributed by atoms with Gasteiger partial charge in [-0.25, -0.2) is 4.39 Å². The molecule has 1 aromatic heterocycles. The largest absolute Gasteiger partial charge is 0.334 e. The maximum atomic E-state index is 13.3. The van der Waals surface area contributed by atoms with Gasteiger partial charge in [-0.15, -0.1) is 0 Å². The first-order valence-corrected chi connectivity index (χ1v) is 8.07. The summed E-state index contributed by atoms with van der Waals surface area (Å²) in [5, 5.41) is 3.99. The molecule has 1 aliphatic rings. The minimum Gasteiger partial charge on any atom is -0.334 e. The highest BCUT2D eigenvalue weighted by molar-refractivity contribution is 5.96. The second kappa shape index (κ2) is 6.12. The maximum absolute atomic E-state index is 13.3. The van der Waals surface area contributed by atoms with Gasteiger partial charge in [-0.1, -0.05) is 28.9 Å². The number of hydrogen-bond donors (Lipinski definition) is 0. The zero-order valence-corrected chi connectivity index (χ0v) is 13.6. The van der Waals surface area contributed by atoms with Crippen molar-refractivity contribution >= 4 is 11.6 Å². The van der Waals surface area contributed by atoms with Crippen molar-refractivity contribution in [2.45, 2.75) is 19.3 Å². The molecule has 3 aromatic rings. The highest BCUT2D eigenvalue weighted by atomic mass is 19.1. The van der Waals surface area contributed by atoms with E-state index in [1.54, 1.807) is 17.0 Å². The highest BCUT2D eigenvalue weighted by Gasteiger charge is 2.34. The van der Waals surface area contributed by atoms with Crippen LogP contribution in [0.25, 0.3) is 11.5 Å². The van der Waals surface area contributed by atoms with E-state index in [2.05, 4.69) is 10.1 Å². The van der Waals surface area contributed by atoms with Gasteiger partial charge in [0.1, 0.15) is 5.82 Å². The standard InChI is InChI=1S/C19H16FN3O2/c1-12-5-7-16(8-6-12)23-11-14(10-17(23)24)18-21-19(25-22-18)13-3-2-4-15(20)9-13/h2-9,14H,10-11H2,1H3/t14-/m1/s1. The Morgan fingerprint density at radius 2 is 2.00 bits per heavy atom. The summed E-state index contributed by atoms with van der Waals surface area (Å²) in [6.45, 7) is 2.51. The molecule has 0 bridgehead atoms. The Bertz CT molecular complexity index is 920. The van der Waals surface area contributed by atoms with Crippen LogP contribution in [0.3, 0.4) is 0 Å². The van der Waals surface area contributed by atoms with Crippen LogP contribution >= 0.6 is 0 Å². The van der Waals surface area contributed by atoms with Gasteiger partial charge in [0, 0.05) is 30.1 Å². The van der Waals surface area contributed by atoms with Crippen LogP contribution in [0, 0.1) is 12.7 Å². The summed E-state index contributed by atoms with van der Waals surface area (Å²) >= 11 is 0. The molecule has 2 heterocycles. The SMILES string of the molecule is Cc1ccc(N2C[C@H](c3noc(-c4cccc(F)c4)n3)CC2=O)cc1. The van der Waals surface area contributed by atoms with Crippen molar-refractivity contribution in [2.24, 2.45) is 0 Å². The molecule has 1 saturated heterocycles. The van der Waals surface area contributed by atoms with Crippen LogP contribution in [-0.2, 0) is 4.79 Å². The first kappa shape index (κ1) is 15.5. The highest BCUT2D eigenvalue weighted by Crippen LogP contribution is 2.31. The molecule has 4 rings (SSSR count). The number of anilines is 1. The summed E-state index contributed by atoms with van der Waals surface area (Å²) < 4.78 is 18.6. The molecule has 0 saturated carbocycles. The van der Waals surface area contributed by atoms with Crippen molar-refractivity contribution in [3.8, 4) is 11.5 Å². The molecule has 1 atom stereocenters. The van der Waals surface area contributed by atoms with Gasteiger partial charge >= 0.3 is 0 Å². The number of nitrogens with zero attached hydrogens (tertiary/aromatic N) is 3. The summed E-state index contributed by atoms with van der Waals surface area (Å²) in [4.78, 5) is 18.5. The number of benzene rings is 2. The predicted molar refractivity (Wildman–Crippen MR) is 90.6 cm³/mol. The van der Waals surface area contributed by atoms with E-state index in [0.29, 0.717) is 24.4 Å². The molecule has 2 aromatic carbocycles. The van der Waals surface area contributed by atoms with E-state index < -0.39 is 0 Å². The van der Waals surface area contributed by atoms with E-state index in [4.69, 9.17) is 4.52 Å². The number of rotatable bonds is 3. The Morgan fingerprint density at radius 1 is 1.20 bits per heavy atom. The maximum Gasteiger partial charge on any atom is 0.258 e. The zero-order chi connectivity index (χ0) is 17.4. The first-order valence-electron chi connectivity index (χ1n) is 8.07. The average Bonchev–Trinajstić information content (AvgIpc) is 3.23. The van der Waals surface area contributed by atoms with Crippen LogP contribution in [0.4, 0.5) is 10.1 Å². The van der Waals surface area contributed by atoms with Gasteiger partial charge in [0.05, 0.1) is 0 Å². The molecule has 0 spiro atoms. The minimum absolute atomic E-state index is 0.0333. The molecule has 0 unspecified atom stereocenters. The molecule has 126 valence electrons. The van der Waals surface area contributed by atoms with Gasteiger partial charge in [0.15, 0.2) is 5.82 Å². The lowest BCUT2D eigenvalue weighted by Crippen LogP contribution is -2.24. The van der Waals surface area contributed by atoms with Crippen molar-refractivity contribution in [3.63, 3.8) is 0 Å². The Labute approximate surface area is 144 Å².